The first-order valence-corrected chi connectivity index (χ1v) is 4.59. The van der Waals surface area contributed by atoms with Crippen LogP contribution in [0, 0.1) is 0 Å². The predicted molar refractivity (Wildman–Crippen MR) is 53.4 cm³/mol. The SMILES string of the molecule is CC(O)(C(=O)[O-])C(=O)c1cccc(C(=O)O)c1.[Na+]. The maximum absolute atomic E-state index is 11.6. The Labute approximate surface area is 125 Å². The number of hydrogen-bond acceptors (Lipinski definition) is 5. The summed E-state index contributed by atoms with van der Waals surface area (Å²) < 4.78 is 0. The van der Waals surface area contributed by atoms with E-state index in [1.54, 1.807) is 0 Å². The number of aliphatic carboxylic acids is 1. The molecule has 6 nitrogen and oxygen atoms in total. The molecular weight excluding hydrogens is 251 g/mol. The number of aliphatic hydroxyl groups is 1. The van der Waals surface area contributed by atoms with Gasteiger partial charge in [-0.15, -0.1) is 0 Å². The van der Waals surface area contributed by atoms with Gasteiger partial charge in [0, 0.05) is 5.56 Å². The Morgan fingerprint density at radius 1 is 1.22 bits per heavy atom. The van der Waals surface area contributed by atoms with Crippen molar-refractivity contribution in [3.05, 3.63) is 35.4 Å². The number of benzene rings is 1. The van der Waals surface area contributed by atoms with Crippen LogP contribution >= 0.6 is 0 Å². The molecule has 0 amide bonds. The van der Waals surface area contributed by atoms with Crippen LogP contribution in [0.2, 0.25) is 0 Å². The van der Waals surface area contributed by atoms with Crippen LogP contribution in [0.4, 0.5) is 0 Å². The van der Waals surface area contributed by atoms with Crippen LogP contribution in [-0.2, 0) is 4.79 Å². The number of carbonyl (C=O) groups excluding carboxylic acids is 2. The van der Waals surface area contributed by atoms with Crippen molar-refractivity contribution < 1.29 is 59.3 Å². The maximum Gasteiger partial charge on any atom is 1.00 e. The third-order valence-electron chi connectivity index (χ3n) is 2.21. The number of carboxylic acids is 2. The first kappa shape index (κ1) is 16.8. The molecule has 0 radical (unpaired) electrons. The fourth-order valence-corrected chi connectivity index (χ4v) is 1.17. The summed E-state index contributed by atoms with van der Waals surface area (Å²) >= 11 is 0. The molecule has 1 atom stereocenters. The van der Waals surface area contributed by atoms with Crippen LogP contribution in [-0.4, -0.2) is 33.5 Å². The average Bonchev–Trinajstić information content (AvgIpc) is 2.27. The zero-order valence-electron chi connectivity index (χ0n) is 9.84. The first-order valence-electron chi connectivity index (χ1n) is 4.59. The average molecular weight is 260 g/mol. The second kappa shape index (κ2) is 6.10. The van der Waals surface area contributed by atoms with Crippen LogP contribution in [0.15, 0.2) is 24.3 Å². The maximum atomic E-state index is 11.6. The standard InChI is InChI=1S/C11H10O6.Na/c1-11(17,10(15)16)8(12)6-3-2-4-7(5-6)9(13)14;/h2-5,17H,1H3,(H,13,14)(H,15,16);/q;+1/p-1. The van der Waals surface area contributed by atoms with Gasteiger partial charge in [-0.25, -0.2) is 4.79 Å². The van der Waals surface area contributed by atoms with E-state index in [1.807, 2.05) is 0 Å². The molecule has 0 saturated heterocycles. The molecule has 1 unspecified atom stereocenters. The van der Waals surface area contributed by atoms with Crippen LogP contribution in [0.5, 0.6) is 0 Å². The molecule has 0 heterocycles. The molecule has 0 saturated carbocycles. The van der Waals surface area contributed by atoms with Crippen molar-refractivity contribution in [3.8, 4) is 0 Å². The predicted octanol–water partition coefficient (Wildman–Crippen LogP) is -3.93. The van der Waals surface area contributed by atoms with E-state index in [0.717, 1.165) is 13.0 Å². The summed E-state index contributed by atoms with van der Waals surface area (Å²) in [6, 6.07) is 4.73. The Kier molecular flexibility index (Phi) is 5.69. The van der Waals surface area contributed by atoms with Gasteiger partial charge in [0.2, 0.25) is 0 Å². The van der Waals surface area contributed by atoms with E-state index in [4.69, 9.17) is 5.11 Å². The summed E-state index contributed by atoms with van der Waals surface area (Å²) in [6.07, 6.45) is 0. The minimum absolute atomic E-state index is 0. The minimum Gasteiger partial charge on any atom is -0.546 e. The van der Waals surface area contributed by atoms with Gasteiger partial charge in [-0.05, 0) is 19.1 Å². The van der Waals surface area contributed by atoms with Crippen molar-refractivity contribution >= 4 is 17.7 Å². The van der Waals surface area contributed by atoms with Gasteiger partial charge in [-0.3, -0.25) is 4.79 Å². The van der Waals surface area contributed by atoms with E-state index in [1.165, 1.54) is 18.2 Å². The molecule has 18 heavy (non-hydrogen) atoms. The van der Waals surface area contributed by atoms with Crippen LogP contribution in [0.25, 0.3) is 0 Å². The minimum atomic E-state index is -2.68. The number of aromatic carboxylic acids is 1. The van der Waals surface area contributed by atoms with Gasteiger partial charge in [0.15, 0.2) is 11.4 Å². The third-order valence-corrected chi connectivity index (χ3v) is 2.21. The number of ketones is 1. The number of rotatable bonds is 4. The normalized spacial score (nSPS) is 13.0. The molecule has 1 rings (SSSR count). The van der Waals surface area contributed by atoms with Crippen molar-refractivity contribution in [1.82, 2.24) is 0 Å². The largest absolute Gasteiger partial charge is 1.00 e. The van der Waals surface area contributed by atoms with E-state index in [2.05, 4.69) is 0 Å². The second-order valence-electron chi connectivity index (χ2n) is 3.57. The van der Waals surface area contributed by atoms with Crippen LogP contribution in [0.3, 0.4) is 0 Å². The summed E-state index contributed by atoms with van der Waals surface area (Å²) in [4.78, 5) is 32.8. The van der Waals surface area contributed by atoms with Gasteiger partial charge in [0.05, 0.1) is 11.5 Å². The molecule has 0 aliphatic carbocycles. The molecule has 0 fully saturated rings. The third kappa shape index (κ3) is 3.39. The van der Waals surface area contributed by atoms with Gasteiger partial charge in [0.1, 0.15) is 0 Å². The summed E-state index contributed by atoms with van der Waals surface area (Å²) in [7, 11) is 0. The molecule has 0 aliphatic heterocycles. The molecule has 0 spiro atoms. The summed E-state index contributed by atoms with van der Waals surface area (Å²) in [5, 5.41) is 28.6. The van der Waals surface area contributed by atoms with Crippen molar-refractivity contribution in [2.75, 3.05) is 0 Å². The Hall–Kier alpha value is -1.21. The van der Waals surface area contributed by atoms with Crippen molar-refractivity contribution in [3.63, 3.8) is 0 Å². The molecule has 0 bridgehead atoms. The monoisotopic (exact) mass is 260 g/mol. The molecule has 0 aliphatic rings. The second-order valence-corrected chi connectivity index (χ2v) is 3.57. The van der Waals surface area contributed by atoms with Gasteiger partial charge in [-0.2, -0.15) is 0 Å². The Morgan fingerprint density at radius 3 is 2.17 bits per heavy atom. The van der Waals surface area contributed by atoms with Crippen molar-refractivity contribution in [2.24, 2.45) is 0 Å². The number of hydrogen-bond donors (Lipinski definition) is 2. The smallest absolute Gasteiger partial charge is 0.546 e. The van der Waals surface area contributed by atoms with E-state index < -0.39 is 23.3 Å². The van der Waals surface area contributed by atoms with Crippen molar-refractivity contribution in [1.29, 1.82) is 0 Å². The fourth-order valence-electron chi connectivity index (χ4n) is 1.17. The number of carbonyl (C=O) groups is 3. The topological polar surface area (TPSA) is 115 Å². The van der Waals surface area contributed by atoms with E-state index >= 15 is 0 Å². The quantitative estimate of drug-likeness (QED) is 0.324. The molecule has 90 valence electrons. The van der Waals surface area contributed by atoms with Gasteiger partial charge in [0.25, 0.3) is 0 Å². The first-order chi connectivity index (χ1) is 7.76. The van der Waals surface area contributed by atoms with Gasteiger partial charge < -0.3 is 20.1 Å². The van der Waals surface area contributed by atoms with E-state index in [9.17, 15) is 24.6 Å². The van der Waals surface area contributed by atoms with Crippen LogP contribution in [0.1, 0.15) is 27.6 Å². The number of Topliss-reactive ketones (excluding diaryl/α,β-unsaturated/α-hetero) is 1. The fraction of sp³-hybridized carbons (Fsp3) is 0.182. The Balaban J connectivity index is 0.00000289. The van der Waals surface area contributed by atoms with Crippen LogP contribution < -0.4 is 34.7 Å². The Bertz CT molecular complexity index is 494. The molecular formula is C11H9NaO6. The zero-order valence-corrected chi connectivity index (χ0v) is 11.8. The number of carboxylic acid groups (broad SMARTS) is 2. The van der Waals surface area contributed by atoms with Crippen molar-refractivity contribution in [2.45, 2.75) is 12.5 Å². The molecule has 2 N–H and O–H groups in total. The zero-order chi connectivity index (χ0) is 13.2. The van der Waals surface area contributed by atoms with Gasteiger partial charge >= 0.3 is 35.5 Å². The van der Waals surface area contributed by atoms with E-state index in [-0.39, 0.29) is 40.7 Å². The van der Waals surface area contributed by atoms with Gasteiger partial charge in [-0.1, -0.05) is 12.1 Å². The Morgan fingerprint density at radius 2 is 1.72 bits per heavy atom. The summed E-state index contributed by atoms with van der Waals surface area (Å²) in [5.74, 6) is -4.32. The van der Waals surface area contributed by atoms with E-state index in [0.29, 0.717) is 0 Å². The molecule has 1 aromatic carbocycles. The summed E-state index contributed by atoms with van der Waals surface area (Å²) in [5.41, 5.74) is -3.07. The molecule has 1 aromatic rings. The summed E-state index contributed by atoms with van der Waals surface area (Å²) in [6.45, 7) is 0.776. The molecule has 0 aromatic heterocycles. The molecule has 7 heteroatoms.